The lowest BCUT2D eigenvalue weighted by Gasteiger charge is -2.18. The summed E-state index contributed by atoms with van der Waals surface area (Å²) in [4.78, 5) is 23.8. The third-order valence-corrected chi connectivity index (χ3v) is 5.50. The minimum atomic E-state index is -1.08. The molecule has 1 amide bonds. The molecule has 1 atom stereocenters. The van der Waals surface area contributed by atoms with Crippen LogP contribution < -0.4 is 10.1 Å². The average Bonchev–Trinajstić information content (AvgIpc) is 2.62. The van der Waals surface area contributed by atoms with Crippen molar-refractivity contribution in [3.63, 3.8) is 0 Å². The van der Waals surface area contributed by atoms with Crippen molar-refractivity contribution in [2.75, 3.05) is 0 Å². The zero-order valence-electron chi connectivity index (χ0n) is 16.5. The normalized spacial score (nSPS) is 12.1. The summed E-state index contributed by atoms with van der Waals surface area (Å²) in [6, 6.07) is 7.14. The highest BCUT2D eigenvalue weighted by atomic mass is 79.9. The van der Waals surface area contributed by atoms with Crippen molar-refractivity contribution in [2.24, 2.45) is 5.92 Å². The van der Waals surface area contributed by atoms with Gasteiger partial charge in [0.15, 0.2) is 5.75 Å². The second-order valence-corrected chi connectivity index (χ2v) is 8.99. The third kappa shape index (κ3) is 5.73. The van der Waals surface area contributed by atoms with Crippen LogP contribution in [-0.4, -0.2) is 28.1 Å². The molecule has 0 bridgehead atoms. The smallest absolute Gasteiger partial charge is 0.326 e. The topological polar surface area (TPSA) is 95.9 Å². The van der Waals surface area contributed by atoms with Crippen molar-refractivity contribution in [3.05, 3.63) is 50.4 Å². The largest absolute Gasteiger partial charge is 0.508 e. The van der Waals surface area contributed by atoms with Gasteiger partial charge in [-0.3, -0.25) is 4.79 Å². The van der Waals surface area contributed by atoms with Gasteiger partial charge in [-0.1, -0.05) is 27.7 Å². The first-order chi connectivity index (χ1) is 13.5. The molecule has 2 aromatic carbocycles. The Labute approximate surface area is 186 Å². The summed E-state index contributed by atoms with van der Waals surface area (Å²) in [5, 5.41) is 21.8. The van der Waals surface area contributed by atoms with Gasteiger partial charge >= 0.3 is 5.97 Å². The highest BCUT2D eigenvalue weighted by Gasteiger charge is 2.25. The van der Waals surface area contributed by atoms with Crippen molar-refractivity contribution in [2.45, 2.75) is 39.7 Å². The Morgan fingerprint density at radius 1 is 1.03 bits per heavy atom. The summed E-state index contributed by atoms with van der Waals surface area (Å²) in [6.07, 6.45) is 0. The second kappa shape index (κ2) is 9.63. The van der Waals surface area contributed by atoms with E-state index in [0.717, 1.165) is 5.56 Å². The van der Waals surface area contributed by atoms with Gasteiger partial charge in [-0.15, -0.1) is 0 Å². The number of halogens is 2. The Morgan fingerprint density at radius 2 is 1.62 bits per heavy atom. The standard InChI is InChI=1S/C21H23Br2NO5/c1-10(2)14-9-13(5-6-17(14)25)29-19-15(22)7-12(8-16(19)23)20(26)24-18(11(3)4)21(27)28/h5-11,18,25H,1-4H3,(H,24,26)(H,27,28)/t18-/m0/s1. The molecule has 0 aliphatic rings. The van der Waals surface area contributed by atoms with Gasteiger partial charge in [-0.25, -0.2) is 4.79 Å². The molecule has 0 saturated carbocycles. The summed E-state index contributed by atoms with van der Waals surface area (Å²) < 4.78 is 6.99. The Morgan fingerprint density at radius 3 is 2.10 bits per heavy atom. The van der Waals surface area contributed by atoms with Gasteiger partial charge in [0, 0.05) is 11.1 Å². The number of benzene rings is 2. The molecule has 6 nitrogen and oxygen atoms in total. The van der Waals surface area contributed by atoms with Gasteiger partial charge in [0.05, 0.1) is 8.95 Å². The summed E-state index contributed by atoms with van der Waals surface area (Å²) in [5.74, 6) is -0.507. The van der Waals surface area contributed by atoms with Crippen LogP contribution in [0.5, 0.6) is 17.2 Å². The Kier molecular flexibility index (Phi) is 7.71. The lowest BCUT2D eigenvalue weighted by atomic mass is 10.0. The molecular weight excluding hydrogens is 506 g/mol. The lowest BCUT2D eigenvalue weighted by Crippen LogP contribution is -2.44. The maximum atomic E-state index is 12.5. The van der Waals surface area contributed by atoms with E-state index in [0.29, 0.717) is 20.4 Å². The number of hydrogen-bond acceptors (Lipinski definition) is 4. The van der Waals surface area contributed by atoms with Crippen molar-refractivity contribution in [1.29, 1.82) is 0 Å². The molecule has 0 saturated heterocycles. The number of hydrogen-bond donors (Lipinski definition) is 3. The van der Waals surface area contributed by atoms with E-state index < -0.39 is 17.9 Å². The number of aromatic hydroxyl groups is 1. The molecule has 156 valence electrons. The molecule has 3 N–H and O–H groups in total. The Bertz CT molecular complexity index is 904. The number of phenolic OH excluding ortho intramolecular Hbond substituents is 1. The van der Waals surface area contributed by atoms with Gasteiger partial charge < -0.3 is 20.3 Å². The van der Waals surface area contributed by atoms with E-state index in [1.165, 1.54) is 0 Å². The Balaban J connectivity index is 2.29. The number of amides is 1. The third-order valence-electron chi connectivity index (χ3n) is 4.32. The molecule has 0 aromatic heterocycles. The molecule has 0 unspecified atom stereocenters. The summed E-state index contributed by atoms with van der Waals surface area (Å²) in [5.41, 5.74) is 1.05. The van der Waals surface area contributed by atoms with Crippen molar-refractivity contribution in [1.82, 2.24) is 5.32 Å². The van der Waals surface area contributed by atoms with Crippen LogP contribution in [0.3, 0.4) is 0 Å². The van der Waals surface area contributed by atoms with Gasteiger partial charge in [0.2, 0.25) is 0 Å². The maximum absolute atomic E-state index is 12.5. The van der Waals surface area contributed by atoms with Gasteiger partial charge in [-0.05, 0) is 74.0 Å². The van der Waals surface area contributed by atoms with Crippen LogP contribution in [0.15, 0.2) is 39.3 Å². The number of carbonyl (C=O) groups is 2. The van der Waals surface area contributed by atoms with E-state index in [2.05, 4.69) is 37.2 Å². The van der Waals surface area contributed by atoms with Crippen LogP contribution in [0, 0.1) is 5.92 Å². The molecular formula is C21H23Br2NO5. The van der Waals surface area contributed by atoms with E-state index in [1.54, 1.807) is 44.2 Å². The number of carboxylic acids is 1. The van der Waals surface area contributed by atoms with E-state index >= 15 is 0 Å². The SMILES string of the molecule is CC(C)c1cc(Oc2c(Br)cc(C(=O)N[C@H](C(=O)O)C(C)C)cc2Br)ccc1O. The first-order valence-corrected chi connectivity index (χ1v) is 10.6. The van der Waals surface area contributed by atoms with Gasteiger partial charge in [0.1, 0.15) is 17.5 Å². The first-order valence-electron chi connectivity index (χ1n) is 9.04. The zero-order chi connectivity index (χ0) is 21.9. The molecule has 2 rings (SSSR count). The fourth-order valence-corrected chi connectivity index (χ4v) is 4.05. The van der Waals surface area contributed by atoms with Gasteiger partial charge in [-0.2, -0.15) is 0 Å². The molecule has 0 fully saturated rings. The molecule has 0 heterocycles. The average molecular weight is 529 g/mol. The minimum Gasteiger partial charge on any atom is -0.508 e. The summed E-state index contributed by atoms with van der Waals surface area (Å²) in [7, 11) is 0. The van der Waals surface area contributed by atoms with E-state index in [-0.39, 0.29) is 23.1 Å². The minimum absolute atomic E-state index is 0.125. The molecule has 8 heteroatoms. The van der Waals surface area contributed by atoms with E-state index in [9.17, 15) is 19.8 Å². The quantitative estimate of drug-likeness (QED) is 0.430. The van der Waals surface area contributed by atoms with Gasteiger partial charge in [0.25, 0.3) is 5.91 Å². The fourth-order valence-electron chi connectivity index (χ4n) is 2.70. The molecule has 0 radical (unpaired) electrons. The second-order valence-electron chi connectivity index (χ2n) is 7.28. The molecule has 0 aliphatic carbocycles. The zero-order valence-corrected chi connectivity index (χ0v) is 19.7. The highest BCUT2D eigenvalue weighted by molar-refractivity contribution is 9.11. The number of phenols is 1. The molecule has 2 aromatic rings. The fraction of sp³-hybridized carbons (Fsp3) is 0.333. The summed E-state index contributed by atoms with van der Waals surface area (Å²) >= 11 is 6.82. The highest BCUT2D eigenvalue weighted by Crippen LogP contribution is 2.39. The number of aliphatic carboxylic acids is 1. The van der Waals surface area contributed by atoms with E-state index in [1.807, 2.05) is 13.8 Å². The number of rotatable bonds is 7. The van der Waals surface area contributed by atoms with Crippen LogP contribution >= 0.6 is 31.9 Å². The molecule has 0 spiro atoms. The molecule has 29 heavy (non-hydrogen) atoms. The van der Waals surface area contributed by atoms with Crippen LogP contribution in [-0.2, 0) is 4.79 Å². The Hall–Kier alpha value is -2.06. The maximum Gasteiger partial charge on any atom is 0.326 e. The number of ether oxygens (including phenoxy) is 1. The number of carbonyl (C=O) groups excluding carboxylic acids is 1. The number of carboxylic acid groups (broad SMARTS) is 1. The first kappa shape index (κ1) is 23.2. The number of nitrogens with one attached hydrogen (secondary N) is 1. The van der Waals surface area contributed by atoms with Crippen molar-refractivity contribution in [3.8, 4) is 17.2 Å². The van der Waals surface area contributed by atoms with Crippen molar-refractivity contribution < 1.29 is 24.5 Å². The van der Waals surface area contributed by atoms with Crippen LogP contribution in [0.1, 0.15) is 49.5 Å². The predicted octanol–water partition coefficient (Wildman–Crippen LogP) is 5.67. The monoisotopic (exact) mass is 527 g/mol. The predicted molar refractivity (Wildman–Crippen MR) is 118 cm³/mol. The molecule has 0 aliphatic heterocycles. The summed E-state index contributed by atoms with van der Waals surface area (Å²) in [6.45, 7) is 7.40. The van der Waals surface area contributed by atoms with Crippen LogP contribution in [0.25, 0.3) is 0 Å². The van der Waals surface area contributed by atoms with Crippen LogP contribution in [0.2, 0.25) is 0 Å². The van der Waals surface area contributed by atoms with Crippen LogP contribution in [0.4, 0.5) is 0 Å². The van der Waals surface area contributed by atoms with Crippen molar-refractivity contribution >= 4 is 43.7 Å². The van der Waals surface area contributed by atoms with E-state index in [4.69, 9.17) is 4.74 Å². The lowest BCUT2D eigenvalue weighted by molar-refractivity contribution is -0.140.